The molecular weight excluding hydrogens is 180 g/mol. The van der Waals surface area contributed by atoms with Crippen LogP contribution >= 0.6 is 0 Å². The molecule has 5 heteroatoms. The third-order valence-electron chi connectivity index (χ3n) is 1.73. The molecule has 1 rings (SSSR count). The summed E-state index contributed by atoms with van der Waals surface area (Å²) in [5.74, 6) is 0.0337. The summed E-state index contributed by atoms with van der Waals surface area (Å²) in [5.41, 5.74) is 0.980. The minimum Gasteiger partial charge on any atom is -0.355 e. The van der Waals surface area contributed by atoms with E-state index < -0.39 is 0 Å². The fraction of sp³-hybridized carbons (Fsp3) is 0.556. The maximum atomic E-state index is 11.1. The maximum Gasteiger partial charge on any atom is 0.233 e. The smallest absolute Gasteiger partial charge is 0.233 e. The Kier molecular flexibility index (Phi) is 4.71. The van der Waals surface area contributed by atoms with Crippen LogP contribution in [0.1, 0.15) is 19.0 Å². The van der Waals surface area contributed by atoms with Crippen LogP contribution in [0, 0.1) is 0 Å². The summed E-state index contributed by atoms with van der Waals surface area (Å²) in [6, 6.07) is 1.87. The van der Waals surface area contributed by atoms with Crippen molar-refractivity contribution in [1.29, 1.82) is 0 Å². The zero-order valence-electron chi connectivity index (χ0n) is 8.34. The summed E-state index contributed by atoms with van der Waals surface area (Å²) < 4.78 is 0. The number of amides is 1. The van der Waals surface area contributed by atoms with Crippen LogP contribution in [0.3, 0.4) is 0 Å². The SMILES string of the molecule is CCCNC(=O)CNCc1ccn[nH]1. The molecule has 1 aromatic rings. The molecule has 1 amide bonds. The number of nitrogens with zero attached hydrogens (tertiary/aromatic N) is 1. The summed E-state index contributed by atoms with van der Waals surface area (Å²) in [7, 11) is 0. The van der Waals surface area contributed by atoms with Crippen molar-refractivity contribution < 1.29 is 4.79 Å². The van der Waals surface area contributed by atoms with Crippen molar-refractivity contribution in [2.45, 2.75) is 19.9 Å². The van der Waals surface area contributed by atoms with E-state index in [1.807, 2.05) is 13.0 Å². The highest BCUT2D eigenvalue weighted by atomic mass is 16.1. The fourth-order valence-electron chi connectivity index (χ4n) is 1.02. The third kappa shape index (κ3) is 4.04. The Morgan fingerprint density at radius 2 is 2.50 bits per heavy atom. The number of rotatable bonds is 6. The second-order valence-electron chi connectivity index (χ2n) is 3.04. The van der Waals surface area contributed by atoms with Crippen molar-refractivity contribution in [2.24, 2.45) is 0 Å². The molecule has 0 aromatic carbocycles. The highest BCUT2D eigenvalue weighted by Crippen LogP contribution is 1.88. The van der Waals surface area contributed by atoms with Crippen molar-refractivity contribution in [3.8, 4) is 0 Å². The van der Waals surface area contributed by atoms with Crippen LogP contribution in [0.15, 0.2) is 12.3 Å². The predicted molar refractivity (Wildman–Crippen MR) is 53.6 cm³/mol. The first-order chi connectivity index (χ1) is 6.83. The largest absolute Gasteiger partial charge is 0.355 e. The zero-order valence-corrected chi connectivity index (χ0v) is 8.34. The van der Waals surface area contributed by atoms with Gasteiger partial charge in [-0.3, -0.25) is 9.89 Å². The number of H-pyrrole nitrogens is 1. The maximum absolute atomic E-state index is 11.1. The van der Waals surface area contributed by atoms with Crippen LogP contribution in [-0.2, 0) is 11.3 Å². The normalized spacial score (nSPS) is 10.1. The first-order valence-electron chi connectivity index (χ1n) is 4.78. The van der Waals surface area contributed by atoms with E-state index in [1.165, 1.54) is 0 Å². The van der Waals surface area contributed by atoms with E-state index in [0.29, 0.717) is 13.1 Å². The lowest BCUT2D eigenvalue weighted by Gasteiger charge is -2.03. The number of carbonyl (C=O) groups is 1. The first-order valence-corrected chi connectivity index (χ1v) is 4.78. The monoisotopic (exact) mass is 196 g/mol. The number of carbonyl (C=O) groups excluding carboxylic acids is 1. The molecule has 0 unspecified atom stereocenters. The average molecular weight is 196 g/mol. The molecule has 3 N–H and O–H groups in total. The van der Waals surface area contributed by atoms with Gasteiger partial charge in [0.25, 0.3) is 0 Å². The standard InChI is InChI=1S/C9H16N4O/c1-2-4-11-9(14)7-10-6-8-3-5-12-13-8/h3,5,10H,2,4,6-7H2,1H3,(H,11,14)(H,12,13). The van der Waals surface area contributed by atoms with Gasteiger partial charge in [0.05, 0.1) is 6.54 Å². The van der Waals surface area contributed by atoms with Gasteiger partial charge in [0.2, 0.25) is 5.91 Å². The van der Waals surface area contributed by atoms with Gasteiger partial charge < -0.3 is 10.6 Å². The molecule has 0 aliphatic carbocycles. The van der Waals surface area contributed by atoms with Crippen LogP contribution in [0.25, 0.3) is 0 Å². The van der Waals surface area contributed by atoms with Gasteiger partial charge in [0.1, 0.15) is 0 Å². The number of hydrogen-bond donors (Lipinski definition) is 3. The zero-order chi connectivity index (χ0) is 10.2. The summed E-state index contributed by atoms with van der Waals surface area (Å²) in [6.07, 6.45) is 2.65. The molecule has 0 spiro atoms. The van der Waals surface area contributed by atoms with E-state index in [4.69, 9.17) is 0 Å². The summed E-state index contributed by atoms with van der Waals surface area (Å²) in [4.78, 5) is 11.1. The van der Waals surface area contributed by atoms with E-state index in [0.717, 1.165) is 18.7 Å². The minimum absolute atomic E-state index is 0.0337. The first kappa shape index (κ1) is 10.7. The molecule has 0 saturated carbocycles. The van der Waals surface area contributed by atoms with E-state index in [1.54, 1.807) is 6.20 Å². The van der Waals surface area contributed by atoms with Gasteiger partial charge in [-0.2, -0.15) is 5.10 Å². The van der Waals surface area contributed by atoms with Gasteiger partial charge >= 0.3 is 0 Å². The van der Waals surface area contributed by atoms with Crippen LogP contribution in [-0.4, -0.2) is 29.2 Å². The van der Waals surface area contributed by atoms with Crippen molar-refractivity contribution in [3.63, 3.8) is 0 Å². The molecule has 14 heavy (non-hydrogen) atoms. The lowest BCUT2D eigenvalue weighted by atomic mass is 10.4. The van der Waals surface area contributed by atoms with Gasteiger partial charge in [-0.15, -0.1) is 0 Å². The van der Waals surface area contributed by atoms with Gasteiger partial charge in [-0.1, -0.05) is 6.92 Å². The number of aromatic nitrogens is 2. The van der Waals surface area contributed by atoms with E-state index in [-0.39, 0.29) is 5.91 Å². The molecule has 1 heterocycles. The van der Waals surface area contributed by atoms with Gasteiger partial charge in [-0.05, 0) is 12.5 Å². The van der Waals surface area contributed by atoms with Crippen LogP contribution < -0.4 is 10.6 Å². The quantitative estimate of drug-likeness (QED) is 0.601. The van der Waals surface area contributed by atoms with Crippen LogP contribution in [0.5, 0.6) is 0 Å². The Morgan fingerprint density at radius 1 is 1.64 bits per heavy atom. The molecule has 1 aromatic heterocycles. The average Bonchev–Trinajstić information content (AvgIpc) is 2.67. The minimum atomic E-state index is 0.0337. The molecule has 5 nitrogen and oxygen atoms in total. The Hall–Kier alpha value is -1.36. The van der Waals surface area contributed by atoms with E-state index >= 15 is 0 Å². The summed E-state index contributed by atoms with van der Waals surface area (Å²) in [6.45, 7) is 3.75. The Bertz CT molecular complexity index is 258. The number of nitrogens with one attached hydrogen (secondary N) is 3. The van der Waals surface area contributed by atoms with Crippen molar-refractivity contribution in [3.05, 3.63) is 18.0 Å². The van der Waals surface area contributed by atoms with Crippen molar-refractivity contribution in [2.75, 3.05) is 13.1 Å². The molecule has 0 aliphatic heterocycles. The van der Waals surface area contributed by atoms with E-state index in [2.05, 4.69) is 20.8 Å². The van der Waals surface area contributed by atoms with Gasteiger partial charge in [-0.25, -0.2) is 0 Å². The number of hydrogen-bond acceptors (Lipinski definition) is 3. The molecule has 0 aliphatic rings. The number of aromatic amines is 1. The summed E-state index contributed by atoms with van der Waals surface area (Å²) in [5, 5.41) is 12.4. The highest BCUT2D eigenvalue weighted by Gasteiger charge is 1.99. The topological polar surface area (TPSA) is 69.8 Å². The Morgan fingerprint density at radius 3 is 3.14 bits per heavy atom. The molecule has 78 valence electrons. The second-order valence-corrected chi connectivity index (χ2v) is 3.04. The van der Waals surface area contributed by atoms with Gasteiger partial charge in [0, 0.05) is 25.0 Å². The molecule has 0 bridgehead atoms. The predicted octanol–water partition coefficient (Wildman–Crippen LogP) is 0.0255. The van der Waals surface area contributed by atoms with Crippen molar-refractivity contribution >= 4 is 5.91 Å². The van der Waals surface area contributed by atoms with Crippen LogP contribution in [0.4, 0.5) is 0 Å². The van der Waals surface area contributed by atoms with E-state index in [9.17, 15) is 4.79 Å². The van der Waals surface area contributed by atoms with Gasteiger partial charge in [0.15, 0.2) is 0 Å². The Labute approximate surface area is 83.3 Å². The lowest BCUT2D eigenvalue weighted by Crippen LogP contribution is -2.33. The van der Waals surface area contributed by atoms with Crippen LogP contribution in [0.2, 0.25) is 0 Å². The third-order valence-corrected chi connectivity index (χ3v) is 1.73. The molecule has 0 radical (unpaired) electrons. The molecular formula is C9H16N4O. The fourth-order valence-corrected chi connectivity index (χ4v) is 1.02. The van der Waals surface area contributed by atoms with Crippen molar-refractivity contribution in [1.82, 2.24) is 20.8 Å². The second kappa shape index (κ2) is 6.15. The lowest BCUT2D eigenvalue weighted by molar-refractivity contribution is -0.120. The highest BCUT2D eigenvalue weighted by molar-refractivity contribution is 5.77. The molecule has 0 atom stereocenters. The molecule has 0 saturated heterocycles. The Balaban J connectivity index is 2.06. The summed E-state index contributed by atoms with van der Waals surface area (Å²) >= 11 is 0. The molecule has 0 fully saturated rings.